The number of likely N-dealkylation sites (tertiary alicyclic amines) is 1. The van der Waals surface area contributed by atoms with Gasteiger partial charge in [-0.15, -0.1) is 0 Å². The summed E-state index contributed by atoms with van der Waals surface area (Å²) < 4.78 is 27.8. The number of nitrogens with one attached hydrogen (secondary N) is 1. The molecular formula is C18H28N2O2S. The summed E-state index contributed by atoms with van der Waals surface area (Å²) in [5, 5.41) is 0. The molecule has 1 fully saturated rings. The van der Waals surface area contributed by atoms with E-state index in [1.807, 2.05) is 12.1 Å². The fourth-order valence-electron chi connectivity index (χ4n) is 3.66. The van der Waals surface area contributed by atoms with Gasteiger partial charge in [-0.05, 0) is 74.9 Å². The van der Waals surface area contributed by atoms with E-state index in [1.165, 1.54) is 49.7 Å². The molecule has 0 unspecified atom stereocenters. The van der Waals surface area contributed by atoms with Crippen LogP contribution in [0.25, 0.3) is 0 Å². The minimum atomic E-state index is -3.38. The lowest BCUT2D eigenvalue weighted by Gasteiger charge is -2.20. The van der Waals surface area contributed by atoms with Gasteiger partial charge in [0.2, 0.25) is 10.0 Å². The molecule has 3 rings (SSSR count). The molecule has 0 saturated carbocycles. The molecule has 1 saturated heterocycles. The molecule has 5 heteroatoms. The van der Waals surface area contributed by atoms with Crippen molar-refractivity contribution in [2.45, 2.75) is 56.3 Å². The zero-order valence-electron chi connectivity index (χ0n) is 13.9. The number of hydrogen-bond acceptors (Lipinski definition) is 3. The maximum Gasteiger partial charge on any atom is 0.240 e. The van der Waals surface area contributed by atoms with Gasteiger partial charge in [-0.2, -0.15) is 0 Å². The Hall–Kier alpha value is -0.910. The third-order valence-corrected chi connectivity index (χ3v) is 6.51. The maximum absolute atomic E-state index is 12.5. The first-order valence-electron chi connectivity index (χ1n) is 8.99. The lowest BCUT2D eigenvalue weighted by molar-refractivity contribution is 0.290. The van der Waals surface area contributed by atoms with Crippen molar-refractivity contribution in [3.8, 4) is 0 Å². The normalized spacial score (nSPS) is 20.0. The van der Waals surface area contributed by atoms with Gasteiger partial charge in [-0.3, -0.25) is 0 Å². The van der Waals surface area contributed by atoms with E-state index in [4.69, 9.17) is 0 Å². The molecule has 2 aliphatic rings. The van der Waals surface area contributed by atoms with E-state index in [9.17, 15) is 8.42 Å². The first-order chi connectivity index (χ1) is 11.1. The van der Waals surface area contributed by atoms with Crippen molar-refractivity contribution in [2.75, 3.05) is 26.2 Å². The molecular weight excluding hydrogens is 308 g/mol. The number of rotatable bonds is 5. The molecule has 1 aromatic carbocycles. The van der Waals surface area contributed by atoms with Gasteiger partial charge < -0.3 is 4.90 Å². The van der Waals surface area contributed by atoms with Crippen LogP contribution in [0.4, 0.5) is 0 Å². The van der Waals surface area contributed by atoms with E-state index in [-0.39, 0.29) is 0 Å². The predicted molar refractivity (Wildman–Crippen MR) is 93.2 cm³/mol. The summed E-state index contributed by atoms with van der Waals surface area (Å²) in [6, 6.07) is 5.64. The Morgan fingerprint density at radius 2 is 1.61 bits per heavy atom. The Balaban J connectivity index is 1.58. The second-order valence-corrected chi connectivity index (χ2v) is 8.56. The van der Waals surface area contributed by atoms with E-state index in [0.717, 1.165) is 32.5 Å². The van der Waals surface area contributed by atoms with Gasteiger partial charge >= 0.3 is 0 Å². The average Bonchev–Trinajstić information content (AvgIpc) is 2.83. The Bertz CT molecular complexity index is 620. The molecule has 0 bridgehead atoms. The molecule has 4 nitrogen and oxygen atoms in total. The Labute approximate surface area is 140 Å². The van der Waals surface area contributed by atoms with Crippen LogP contribution < -0.4 is 4.72 Å². The van der Waals surface area contributed by atoms with Crippen molar-refractivity contribution in [3.05, 3.63) is 29.3 Å². The highest BCUT2D eigenvalue weighted by Gasteiger charge is 2.18. The van der Waals surface area contributed by atoms with Gasteiger partial charge in [-0.1, -0.05) is 18.9 Å². The molecule has 128 valence electrons. The molecule has 1 aliphatic heterocycles. The third-order valence-electron chi connectivity index (χ3n) is 5.05. The highest BCUT2D eigenvalue weighted by Crippen LogP contribution is 2.24. The molecule has 1 aromatic rings. The topological polar surface area (TPSA) is 49.4 Å². The van der Waals surface area contributed by atoms with Gasteiger partial charge in [0.05, 0.1) is 4.90 Å². The molecule has 0 atom stereocenters. The van der Waals surface area contributed by atoms with Crippen molar-refractivity contribution in [1.29, 1.82) is 0 Å². The summed E-state index contributed by atoms with van der Waals surface area (Å²) in [5.74, 6) is 0. The second kappa shape index (κ2) is 7.77. The lowest BCUT2D eigenvalue weighted by atomic mass is 9.92. The van der Waals surface area contributed by atoms with Crippen LogP contribution in [0, 0.1) is 0 Å². The monoisotopic (exact) mass is 336 g/mol. The Morgan fingerprint density at radius 1 is 0.913 bits per heavy atom. The highest BCUT2D eigenvalue weighted by atomic mass is 32.2. The molecule has 0 radical (unpaired) electrons. The van der Waals surface area contributed by atoms with Crippen molar-refractivity contribution >= 4 is 10.0 Å². The van der Waals surface area contributed by atoms with Crippen LogP contribution in [-0.4, -0.2) is 39.5 Å². The van der Waals surface area contributed by atoms with Crippen LogP contribution in [0.15, 0.2) is 23.1 Å². The van der Waals surface area contributed by atoms with E-state index < -0.39 is 10.0 Å². The predicted octanol–water partition coefficient (Wildman–Crippen LogP) is 2.72. The minimum absolute atomic E-state index is 0.425. The minimum Gasteiger partial charge on any atom is -0.302 e. The number of sulfonamides is 1. The maximum atomic E-state index is 12.5. The molecule has 1 heterocycles. The van der Waals surface area contributed by atoms with Gasteiger partial charge in [0.25, 0.3) is 0 Å². The van der Waals surface area contributed by atoms with Crippen LogP contribution in [-0.2, 0) is 22.9 Å². The Morgan fingerprint density at radius 3 is 2.35 bits per heavy atom. The number of nitrogens with zero attached hydrogens (tertiary/aromatic N) is 1. The number of hydrogen-bond donors (Lipinski definition) is 1. The molecule has 23 heavy (non-hydrogen) atoms. The summed E-state index contributed by atoms with van der Waals surface area (Å²) >= 11 is 0. The highest BCUT2D eigenvalue weighted by molar-refractivity contribution is 7.89. The smallest absolute Gasteiger partial charge is 0.240 e. The SMILES string of the molecule is O=S(=O)(NCCN1CCCCCC1)c1ccc2c(c1)CCCC2. The quantitative estimate of drug-likeness (QED) is 0.899. The first-order valence-corrected chi connectivity index (χ1v) is 10.5. The number of benzene rings is 1. The summed E-state index contributed by atoms with van der Waals surface area (Å²) in [7, 11) is -3.38. The number of fused-ring (bicyclic) bond motifs is 1. The van der Waals surface area contributed by atoms with Crippen LogP contribution in [0.2, 0.25) is 0 Å². The zero-order valence-corrected chi connectivity index (χ0v) is 14.7. The van der Waals surface area contributed by atoms with Crippen molar-refractivity contribution < 1.29 is 8.42 Å². The van der Waals surface area contributed by atoms with Crippen LogP contribution in [0.3, 0.4) is 0 Å². The van der Waals surface area contributed by atoms with Crippen LogP contribution in [0.1, 0.15) is 49.7 Å². The first kappa shape index (κ1) is 16.9. The van der Waals surface area contributed by atoms with E-state index in [2.05, 4.69) is 9.62 Å². The molecule has 0 spiro atoms. The zero-order chi connectivity index (χ0) is 16.1. The summed E-state index contributed by atoms with van der Waals surface area (Å²) in [5.41, 5.74) is 2.53. The van der Waals surface area contributed by atoms with E-state index in [0.29, 0.717) is 11.4 Å². The molecule has 0 aromatic heterocycles. The van der Waals surface area contributed by atoms with Crippen molar-refractivity contribution in [3.63, 3.8) is 0 Å². The van der Waals surface area contributed by atoms with Gasteiger partial charge in [-0.25, -0.2) is 13.1 Å². The third kappa shape index (κ3) is 4.55. The fourth-order valence-corrected chi connectivity index (χ4v) is 4.73. The van der Waals surface area contributed by atoms with Crippen LogP contribution in [0.5, 0.6) is 0 Å². The largest absolute Gasteiger partial charge is 0.302 e. The molecule has 1 N–H and O–H groups in total. The second-order valence-electron chi connectivity index (χ2n) is 6.79. The van der Waals surface area contributed by atoms with Crippen LogP contribution >= 0.6 is 0 Å². The van der Waals surface area contributed by atoms with Gasteiger partial charge in [0, 0.05) is 13.1 Å². The summed E-state index contributed by atoms with van der Waals surface area (Å²) in [6.07, 6.45) is 9.54. The summed E-state index contributed by atoms with van der Waals surface area (Å²) in [4.78, 5) is 2.80. The lowest BCUT2D eigenvalue weighted by Crippen LogP contribution is -2.35. The molecule has 0 amide bonds. The number of aryl methyl sites for hydroxylation is 2. The van der Waals surface area contributed by atoms with Crippen molar-refractivity contribution in [1.82, 2.24) is 9.62 Å². The fraction of sp³-hybridized carbons (Fsp3) is 0.667. The van der Waals surface area contributed by atoms with Crippen molar-refractivity contribution in [2.24, 2.45) is 0 Å². The average molecular weight is 337 g/mol. The van der Waals surface area contributed by atoms with Gasteiger partial charge in [0.1, 0.15) is 0 Å². The molecule has 1 aliphatic carbocycles. The van der Waals surface area contributed by atoms with E-state index >= 15 is 0 Å². The van der Waals surface area contributed by atoms with E-state index in [1.54, 1.807) is 6.07 Å². The Kier molecular flexibility index (Phi) is 5.72. The van der Waals surface area contributed by atoms with Gasteiger partial charge in [0.15, 0.2) is 0 Å². The standard InChI is InChI=1S/C18H28N2O2S/c21-23(22,19-11-14-20-12-5-1-2-6-13-20)18-10-9-16-7-3-4-8-17(16)15-18/h9-10,15,19H,1-8,11-14H2. The summed E-state index contributed by atoms with van der Waals surface area (Å²) in [6.45, 7) is 3.50.